The summed E-state index contributed by atoms with van der Waals surface area (Å²) in [6.45, 7) is 5.48. The van der Waals surface area contributed by atoms with Gasteiger partial charge in [-0.2, -0.15) is 0 Å². The van der Waals surface area contributed by atoms with Crippen molar-refractivity contribution in [1.82, 2.24) is 10.6 Å². The summed E-state index contributed by atoms with van der Waals surface area (Å²) in [5, 5.41) is 11.0. The number of carbonyl (C=O) groups is 1. The highest BCUT2D eigenvalue weighted by Gasteiger charge is 2.08. The van der Waals surface area contributed by atoms with E-state index in [1.165, 1.54) is 17.0 Å². The van der Waals surface area contributed by atoms with Crippen molar-refractivity contribution in [2.75, 3.05) is 25.0 Å². The summed E-state index contributed by atoms with van der Waals surface area (Å²) in [6.07, 6.45) is 0. The summed E-state index contributed by atoms with van der Waals surface area (Å²) in [5.41, 5.74) is 0.421. The van der Waals surface area contributed by atoms with Gasteiger partial charge in [-0.05, 0) is 36.6 Å². The molecule has 0 radical (unpaired) electrons. The van der Waals surface area contributed by atoms with Crippen LogP contribution >= 0.6 is 11.3 Å². The zero-order valence-corrected chi connectivity index (χ0v) is 15.2. The van der Waals surface area contributed by atoms with Gasteiger partial charge in [-0.15, -0.1) is 11.3 Å². The highest BCUT2D eigenvalue weighted by Crippen LogP contribution is 2.19. The van der Waals surface area contributed by atoms with E-state index < -0.39 is 0 Å². The number of anilines is 1. The molecule has 0 spiro atoms. The van der Waals surface area contributed by atoms with Crippen molar-refractivity contribution in [3.05, 3.63) is 52.5 Å². The zero-order valence-electron chi connectivity index (χ0n) is 14.4. The van der Waals surface area contributed by atoms with Gasteiger partial charge < -0.3 is 16.0 Å². The second-order valence-electron chi connectivity index (χ2n) is 5.55. The van der Waals surface area contributed by atoms with Crippen LogP contribution in [0.15, 0.2) is 46.8 Å². The number of nitrogens with one attached hydrogen (secondary N) is 3. The molecule has 1 aromatic heterocycles. The van der Waals surface area contributed by atoms with Gasteiger partial charge in [0.1, 0.15) is 12.4 Å². The van der Waals surface area contributed by atoms with Crippen LogP contribution in [0, 0.1) is 5.82 Å². The van der Waals surface area contributed by atoms with Crippen molar-refractivity contribution < 1.29 is 9.18 Å². The molecule has 0 saturated heterocycles. The maximum absolute atomic E-state index is 13.1. The molecule has 7 heteroatoms. The summed E-state index contributed by atoms with van der Waals surface area (Å²) in [5.74, 6) is 0.248. The molecule has 3 N–H and O–H groups in total. The van der Waals surface area contributed by atoms with E-state index in [0.717, 1.165) is 6.54 Å². The Kier molecular flexibility index (Phi) is 7.40. The van der Waals surface area contributed by atoms with Gasteiger partial charge in [0.2, 0.25) is 5.91 Å². The number of hydrogen-bond acceptors (Lipinski definition) is 3. The largest absolute Gasteiger partial charge is 0.357 e. The molecule has 0 aliphatic rings. The maximum Gasteiger partial charge on any atom is 0.246 e. The molecule has 2 aromatic rings. The first-order valence-corrected chi connectivity index (χ1v) is 9.07. The first-order valence-electron chi connectivity index (χ1n) is 8.19. The van der Waals surface area contributed by atoms with Gasteiger partial charge in [-0.25, -0.2) is 9.38 Å². The van der Waals surface area contributed by atoms with Crippen molar-refractivity contribution in [3.63, 3.8) is 0 Å². The predicted molar refractivity (Wildman–Crippen MR) is 102 cm³/mol. The Morgan fingerprint density at radius 1 is 1.28 bits per heavy atom. The minimum absolute atomic E-state index is 0.0424. The van der Waals surface area contributed by atoms with Crippen LogP contribution in [0.2, 0.25) is 0 Å². The molecule has 0 saturated carbocycles. The molecule has 0 fully saturated rings. The van der Waals surface area contributed by atoms with Crippen LogP contribution in [0.5, 0.6) is 0 Å². The second kappa shape index (κ2) is 9.78. The Morgan fingerprint density at radius 2 is 2.12 bits per heavy atom. The molecular weight excluding hydrogens is 339 g/mol. The molecule has 0 aliphatic heterocycles. The minimum atomic E-state index is -0.390. The number of nitrogens with zero attached hydrogens (tertiary/aromatic N) is 1. The fourth-order valence-corrected chi connectivity index (χ4v) is 2.97. The topological polar surface area (TPSA) is 65.5 Å². The van der Waals surface area contributed by atoms with E-state index in [2.05, 4.69) is 39.3 Å². The number of halogens is 1. The molecule has 0 bridgehead atoms. The van der Waals surface area contributed by atoms with Crippen molar-refractivity contribution >= 4 is 28.9 Å². The average molecular weight is 362 g/mol. The molecule has 5 nitrogen and oxygen atoms in total. The van der Waals surface area contributed by atoms with Crippen LogP contribution in [0.3, 0.4) is 0 Å². The molecule has 25 heavy (non-hydrogen) atoms. The third-order valence-corrected chi connectivity index (χ3v) is 4.54. The van der Waals surface area contributed by atoms with Crippen LogP contribution in [-0.2, 0) is 4.79 Å². The van der Waals surface area contributed by atoms with Crippen LogP contribution in [0.4, 0.5) is 10.1 Å². The highest BCUT2D eigenvalue weighted by atomic mass is 32.1. The van der Waals surface area contributed by atoms with Gasteiger partial charge in [0.05, 0.1) is 0 Å². The van der Waals surface area contributed by atoms with Gasteiger partial charge in [0.15, 0.2) is 5.96 Å². The lowest BCUT2D eigenvalue weighted by molar-refractivity contribution is -0.114. The highest BCUT2D eigenvalue weighted by molar-refractivity contribution is 7.10. The van der Waals surface area contributed by atoms with E-state index in [9.17, 15) is 9.18 Å². The van der Waals surface area contributed by atoms with E-state index in [1.54, 1.807) is 23.5 Å². The summed E-state index contributed by atoms with van der Waals surface area (Å²) in [7, 11) is 0. The normalized spacial score (nSPS) is 12.5. The van der Waals surface area contributed by atoms with E-state index in [0.29, 0.717) is 24.1 Å². The lowest BCUT2D eigenvalue weighted by atomic mass is 10.1. The SMILES string of the molecule is CCNC(=NCC(=O)Nc1cccc(F)c1)NCC(C)c1cccs1. The predicted octanol–water partition coefficient (Wildman–Crippen LogP) is 3.18. The molecule has 1 heterocycles. The number of hydrogen-bond donors (Lipinski definition) is 3. The van der Waals surface area contributed by atoms with Gasteiger partial charge in [0, 0.05) is 29.6 Å². The summed E-state index contributed by atoms with van der Waals surface area (Å²) in [4.78, 5) is 17.5. The standard InChI is InChI=1S/C18H23FN4OS/c1-3-20-18(21-11-13(2)16-8-5-9-25-16)22-12-17(24)23-15-7-4-6-14(19)10-15/h4-10,13H,3,11-12H2,1-2H3,(H,23,24)(H2,20,21,22). The number of amides is 1. The van der Waals surface area contributed by atoms with Crippen molar-refractivity contribution in [2.45, 2.75) is 19.8 Å². The second-order valence-corrected chi connectivity index (χ2v) is 6.53. The average Bonchev–Trinajstić information content (AvgIpc) is 3.12. The van der Waals surface area contributed by atoms with Gasteiger partial charge >= 0.3 is 0 Å². The zero-order chi connectivity index (χ0) is 18.1. The Balaban J connectivity index is 1.86. The fraction of sp³-hybridized carbons (Fsp3) is 0.333. The summed E-state index contributed by atoms with van der Waals surface area (Å²) < 4.78 is 13.1. The van der Waals surface area contributed by atoms with Crippen molar-refractivity contribution in [2.24, 2.45) is 4.99 Å². The quantitative estimate of drug-likeness (QED) is 0.523. The Hall–Kier alpha value is -2.41. The minimum Gasteiger partial charge on any atom is -0.357 e. The first-order chi connectivity index (χ1) is 12.1. The summed E-state index contributed by atoms with van der Waals surface area (Å²) >= 11 is 1.72. The molecule has 1 atom stereocenters. The Labute approximate surface area is 151 Å². The van der Waals surface area contributed by atoms with Crippen LogP contribution < -0.4 is 16.0 Å². The molecule has 1 amide bonds. The molecule has 0 aliphatic carbocycles. The number of carbonyl (C=O) groups excluding carboxylic acids is 1. The molecular formula is C18H23FN4OS. The van der Waals surface area contributed by atoms with E-state index >= 15 is 0 Å². The maximum atomic E-state index is 13.1. The van der Waals surface area contributed by atoms with E-state index in [-0.39, 0.29) is 18.3 Å². The first kappa shape index (κ1) is 18.9. The van der Waals surface area contributed by atoms with Gasteiger partial charge in [-0.1, -0.05) is 19.1 Å². The van der Waals surface area contributed by atoms with Crippen LogP contribution in [0.25, 0.3) is 0 Å². The fourth-order valence-electron chi connectivity index (χ4n) is 2.18. The van der Waals surface area contributed by atoms with Crippen molar-refractivity contribution in [3.8, 4) is 0 Å². The Morgan fingerprint density at radius 3 is 2.80 bits per heavy atom. The Bertz CT molecular complexity index is 703. The number of thiophene rings is 1. The van der Waals surface area contributed by atoms with E-state index in [4.69, 9.17) is 0 Å². The summed E-state index contributed by atoms with van der Waals surface area (Å²) in [6, 6.07) is 9.92. The third kappa shape index (κ3) is 6.54. The number of benzene rings is 1. The van der Waals surface area contributed by atoms with Gasteiger partial charge in [0.25, 0.3) is 0 Å². The van der Waals surface area contributed by atoms with Crippen LogP contribution in [-0.4, -0.2) is 31.5 Å². The molecule has 2 rings (SSSR count). The molecule has 134 valence electrons. The molecule has 1 unspecified atom stereocenters. The number of rotatable bonds is 7. The lowest BCUT2D eigenvalue weighted by Gasteiger charge is -2.15. The third-order valence-electron chi connectivity index (χ3n) is 3.44. The monoisotopic (exact) mass is 362 g/mol. The number of guanidine groups is 1. The van der Waals surface area contributed by atoms with Crippen LogP contribution in [0.1, 0.15) is 24.6 Å². The number of aliphatic imine (C=N–C) groups is 1. The van der Waals surface area contributed by atoms with Crippen molar-refractivity contribution in [1.29, 1.82) is 0 Å². The molecule has 1 aromatic carbocycles. The van der Waals surface area contributed by atoms with Gasteiger partial charge in [-0.3, -0.25) is 4.79 Å². The van der Waals surface area contributed by atoms with E-state index in [1.807, 2.05) is 13.0 Å². The lowest BCUT2D eigenvalue weighted by Crippen LogP contribution is -2.39. The smallest absolute Gasteiger partial charge is 0.246 e.